The van der Waals surface area contributed by atoms with E-state index in [1.165, 1.54) is 12.8 Å². The zero-order valence-corrected chi connectivity index (χ0v) is 17.1. The van der Waals surface area contributed by atoms with Gasteiger partial charge in [-0.25, -0.2) is 9.97 Å². The maximum absolute atomic E-state index is 9.19. The molecule has 0 saturated heterocycles. The molecule has 2 aromatic heterocycles. The molecule has 2 aliphatic rings. The Morgan fingerprint density at radius 2 is 2.07 bits per heavy atom. The topological polar surface area (TPSA) is 86.5 Å². The molecule has 0 spiro atoms. The van der Waals surface area contributed by atoms with E-state index in [1.807, 2.05) is 31.2 Å². The summed E-state index contributed by atoms with van der Waals surface area (Å²) in [5, 5.41) is 17.1. The predicted molar refractivity (Wildman–Crippen MR) is 117 cm³/mol. The third-order valence-corrected chi connectivity index (χ3v) is 6.50. The first-order valence-electron chi connectivity index (χ1n) is 10.0. The molecule has 2 N–H and O–H groups in total. The summed E-state index contributed by atoms with van der Waals surface area (Å²) in [7, 11) is 0. The van der Waals surface area contributed by atoms with E-state index in [0.29, 0.717) is 5.95 Å². The molecule has 5 rings (SSSR count). The van der Waals surface area contributed by atoms with Crippen molar-refractivity contribution < 1.29 is 0 Å². The summed E-state index contributed by atoms with van der Waals surface area (Å²) in [6.07, 6.45) is 6.13. The fraction of sp³-hybridized carbons (Fsp3) is 0.364. The van der Waals surface area contributed by atoms with Gasteiger partial charge in [0.25, 0.3) is 0 Å². The second kappa shape index (κ2) is 7.45. The number of anilines is 2. The minimum absolute atomic E-state index is 0.170. The number of aryl methyl sites for hydroxylation is 1. The minimum Gasteiger partial charge on any atom is -0.366 e. The summed E-state index contributed by atoms with van der Waals surface area (Å²) >= 11 is 1.66. The molecule has 29 heavy (non-hydrogen) atoms. The summed E-state index contributed by atoms with van der Waals surface area (Å²) in [6.45, 7) is 2.94. The van der Waals surface area contributed by atoms with Crippen molar-refractivity contribution in [1.29, 1.82) is 5.26 Å². The van der Waals surface area contributed by atoms with Crippen LogP contribution in [0.3, 0.4) is 0 Å². The highest BCUT2D eigenvalue weighted by molar-refractivity contribution is 7.21. The molecule has 6 nitrogen and oxygen atoms in total. The van der Waals surface area contributed by atoms with Crippen molar-refractivity contribution in [3.05, 3.63) is 41.6 Å². The summed E-state index contributed by atoms with van der Waals surface area (Å²) in [6, 6.07) is 10.6. The molecule has 7 heteroatoms. The molecule has 2 heterocycles. The van der Waals surface area contributed by atoms with Crippen molar-refractivity contribution >= 4 is 33.3 Å². The van der Waals surface area contributed by atoms with Gasteiger partial charge in [-0.2, -0.15) is 10.2 Å². The van der Waals surface area contributed by atoms with Crippen LogP contribution in [0.2, 0.25) is 0 Å². The highest BCUT2D eigenvalue weighted by atomic mass is 32.1. The molecular formula is C22H22N6S. The van der Waals surface area contributed by atoms with E-state index in [2.05, 4.69) is 22.8 Å². The Kier molecular flexibility index (Phi) is 4.64. The molecule has 3 aromatic rings. The van der Waals surface area contributed by atoms with E-state index < -0.39 is 0 Å². The minimum atomic E-state index is 0.170. The molecular weight excluding hydrogens is 380 g/mol. The van der Waals surface area contributed by atoms with Crippen molar-refractivity contribution in [2.75, 3.05) is 17.2 Å². The lowest BCUT2D eigenvalue weighted by atomic mass is 10.1. The van der Waals surface area contributed by atoms with Crippen molar-refractivity contribution in [2.45, 2.75) is 38.6 Å². The fourth-order valence-electron chi connectivity index (χ4n) is 3.66. The van der Waals surface area contributed by atoms with Crippen LogP contribution in [0.4, 0.5) is 11.8 Å². The Morgan fingerprint density at radius 1 is 1.21 bits per heavy atom. The van der Waals surface area contributed by atoms with Gasteiger partial charge in [0.05, 0.1) is 27.5 Å². The number of rotatable bonds is 6. The average Bonchev–Trinajstić information content (AvgIpc) is 3.27. The first kappa shape index (κ1) is 18.1. The first-order chi connectivity index (χ1) is 14.2. The number of nitrogens with zero attached hydrogens (tertiary/aromatic N) is 4. The third kappa shape index (κ3) is 3.81. The molecule has 1 atom stereocenters. The van der Waals surface area contributed by atoms with Gasteiger partial charge in [-0.15, -0.1) is 11.3 Å². The van der Waals surface area contributed by atoms with Gasteiger partial charge >= 0.3 is 0 Å². The standard InChI is InChI=1S/C22H22N6S/c1-13-19(21-27-17-4-2-3-5-18(17)29-21)20(26-16-9-8-15(10-16)11-23)28-22(25-13)24-12-14-6-7-14/h2-5,8,14,16H,6-7,9-10,12H2,1H3,(H2,24,25,26,28). The van der Waals surface area contributed by atoms with Gasteiger partial charge in [-0.3, -0.25) is 0 Å². The number of fused-ring (bicyclic) bond motifs is 1. The van der Waals surface area contributed by atoms with E-state index in [9.17, 15) is 5.26 Å². The Morgan fingerprint density at radius 3 is 2.83 bits per heavy atom. The van der Waals surface area contributed by atoms with Crippen molar-refractivity contribution in [3.63, 3.8) is 0 Å². The number of hydrogen-bond donors (Lipinski definition) is 2. The maximum Gasteiger partial charge on any atom is 0.224 e. The molecule has 1 fully saturated rings. The van der Waals surface area contributed by atoms with E-state index in [-0.39, 0.29) is 6.04 Å². The summed E-state index contributed by atoms with van der Waals surface area (Å²) < 4.78 is 1.15. The Balaban J connectivity index is 1.51. The first-order valence-corrected chi connectivity index (χ1v) is 10.9. The van der Waals surface area contributed by atoms with Gasteiger partial charge < -0.3 is 10.6 Å². The van der Waals surface area contributed by atoms with E-state index in [1.54, 1.807) is 11.3 Å². The van der Waals surface area contributed by atoms with Crippen LogP contribution in [-0.2, 0) is 0 Å². The molecule has 0 aliphatic heterocycles. The van der Waals surface area contributed by atoms with Crippen LogP contribution < -0.4 is 10.6 Å². The quantitative estimate of drug-likeness (QED) is 0.609. The van der Waals surface area contributed by atoms with E-state index in [0.717, 1.165) is 63.2 Å². The van der Waals surface area contributed by atoms with Crippen LogP contribution in [-0.4, -0.2) is 27.5 Å². The number of aromatic nitrogens is 3. The monoisotopic (exact) mass is 402 g/mol. The molecule has 1 unspecified atom stereocenters. The molecule has 2 aliphatic carbocycles. The van der Waals surface area contributed by atoms with Crippen molar-refractivity contribution in [1.82, 2.24) is 15.0 Å². The number of thiazole rings is 1. The van der Waals surface area contributed by atoms with E-state index >= 15 is 0 Å². The lowest BCUT2D eigenvalue weighted by Crippen LogP contribution is -2.19. The van der Waals surface area contributed by atoms with Gasteiger partial charge in [-0.05, 0) is 44.2 Å². The molecule has 1 saturated carbocycles. The second-order valence-electron chi connectivity index (χ2n) is 7.79. The molecule has 0 bridgehead atoms. The Hall–Kier alpha value is -2.98. The zero-order valence-electron chi connectivity index (χ0n) is 16.3. The van der Waals surface area contributed by atoms with Crippen LogP contribution in [0.25, 0.3) is 20.8 Å². The largest absolute Gasteiger partial charge is 0.366 e. The predicted octanol–water partition coefficient (Wildman–Crippen LogP) is 4.91. The van der Waals surface area contributed by atoms with Gasteiger partial charge in [-0.1, -0.05) is 18.2 Å². The van der Waals surface area contributed by atoms with Crippen molar-refractivity contribution in [2.24, 2.45) is 5.92 Å². The summed E-state index contributed by atoms with van der Waals surface area (Å²) in [4.78, 5) is 14.4. The fourth-order valence-corrected chi connectivity index (χ4v) is 4.72. The van der Waals surface area contributed by atoms with Crippen LogP contribution >= 0.6 is 11.3 Å². The lowest BCUT2D eigenvalue weighted by Gasteiger charge is -2.18. The zero-order chi connectivity index (χ0) is 19.8. The molecule has 146 valence electrons. The number of para-hydroxylation sites is 1. The number of hydrogen-bond acceptors (Lipinski definition) is 7. The van der Waals surface area contributed by atoms with Gasteiger partial charge in [0.2, 0.25) is 5.95 Å². The van der Waals surface area contributed by atoms with Crippen LogP contribution in [0.15, 0.2) is 35.9 Å². The van der Waals surface area contributed by atoms with Crippen molar-refractivity contribution in [3.8, 4) is 16.6 Å². The smallest absolute Gasteiger partial charge is 0.224 e. The molecule has 1 aromatic carbocycles. The average molecular weight is 403 g/mol. The number of nitriles is 1. The van der Waals surface area contributed by atoms with Gasteiger partial charge in [0, 0.05) is 24.6 Å². The van der Waals surface area contributed by atoms with Gasteiger partial charge in [0.15, 0.2) is 0 Å². The molecule has 0 amide bonds. The number of benzene rings is 1. The Bertz CT molecular complexity index is 1100. The normalized spacial score (nSPS) is 18.5. The summed E-state index contributed by atoms with van der Waals surface area (Å²) in [5.41, 5.74) is 3.69. The Labute approximate surface area is 173 Å². The molecule has 0 radical (unpaired) electrons. The van der Waals surface area contributed by atoms with E-state index in [4.69, 9.17) is 15.0 Å². The number of nitrogens with one attached hydrogen (secondary N) is 2. The highest BCUT2D eigenvalue weighted by Gasteiger charge is 2.24. The van der Waals surface area contributed by atoms with Crippen LogP contribution in [0, 0.1) is 24.2 Å². The SMILES string of the molecule is Cc1nc(NCC2CC2)nc(NC2CC=C(C#N)C2)c1-c1nc2ccccc2s1. The second-order valence-corrected chi connectivity index (χ2v) is 8.82. The summed E-state index contributed by atoms with van der Waals surface area (Å²) in [5.74, 6) is 2.21. The maximum atomic E-state index is 9.19. The van der Waals surface area contributed by atoms with Crippen LogP contribution in [0.1, 0.15) is 31.4 Å². The third-order valence-electron chi connectivity index (χ3n) is 5.44. The van der Waals surface area contributed by atoms with Gasteiger partial charge in [0.1, 0.15) is 10.8 Å². The highest BCUT2D eigenvalue weighted by Crippen LogP contribution is 2.37. The lowest BCUT2D eigenvalue weighted by molar-refractivity contribution is 0.772. The van der Waals surface area contributed by atoms with Crippen LogP contribution in [0.5, 0.6) is 0 Å².